The van der Waals surface area contributed by atoms with Gasteiger partial charge < -0.3 is 10.2 Å². The predicted octanol–water partition coefficient (Wildman–Crippen LogP) is 3.81. The second-order valence-corrected chi connectivity index (χ2v) is 4.71. The van der Waals surface area contributed by atoms with Crippen LogP contribution in [0.25, 0.3) is 0 Å². The average Bonchev–Trinajstić information content (AvgIpc) is 2.48. The molecule has 0 unspecified atom stereocenters. The van der Waals surface area contributed by atoms with Crippen LogP contribution in [0.15, 0.2) is 54.6 Å². The molecular formula is C16H17ClN2O. The molecule has 0 spiro atoms. The van der Waals surface area contributed by atoms with Crippen LogP contribution in [0.2, 0.25) is 5.02 Å². The van der Waals surface area contributed by atoms with Crippen LogP contribution >= 0.6 is 11.6 Å². The molecule has 104 valence electrons. The number of rotatable bonds is 5. The van der Waals surface area contributed by atoms with Crippen molar-refractivity contribution < 1.29 is 4.79 Å². The molecule has 0 bridgehead atoms. The second-order valence-electron chi connectivity index (χ2n) is 4.31. The monoisotopic (exact) mass is 288 g/mol. The Morgan fingerprint density at radius 1 is 1.10 bits per heavy atom. The summed E-state index contributed by atoms with van der Waals surface area (Å²) < 4.78 is 0. The zero-order valence-electron chi connectivity index (χ0n) is 11.3. The second kappa shape index (κ2) is 6.96. The summed E-state index contributed by atoms with van der Waals surface area (Å²) in [7, 11) is 0. The van der Waals surface area contributed by atoms with Gasteiger partial charge in [0, 0.05) is 12.2 Å². The van der Waals surface area contributed by atoms with E-state index in [2.05, 4.69) is 5.32 Å². The quantitative estimate of drug-likeness (QED) is 0.907. The number of likely N-dealkylation sites (N-methyl/N-ethyl adjacent to an activating group) is 1. The van der Waals surface area contributed by atoms with E-state index in [0.29, 0.717) is 11.6 Å². The Morgan fingerprint density at radius 3 is 2.40 bits per heavy atom. The maximum Gasteiger partial charge on any atom is 0.246 e. The lowest BCUT2D eigenvalue weighted by atomic mass is 10.2. The molecule has 0 fully saturated rings. The third kappa shape index (κ3) is 3.52. The smallest absolute Gasteiger partial charge is 0.246 e. The molecule has 0 aliphatic rings. The topological polar surface area (TPSA) is 32.3 Å². The summed E-state index contributed by atoms with van der Waals surface area (Å²) in [5, 5.41) is 3.69. The van der Waals surface area contributed by atoms with Gasteiger partial charge in [-0.15, -0.1) is 0 Å². The van der Waals surface area contributed by atoms with Gasteiger partial charge in [0.25, 0.3) is 0 Å². The summed E-state index contributed by atoms with van der Waals surface area (Å²) in [5.41, 5.74) is 1.67. The highest BCUT2D eigenvalue weighted by Crippen LogP contribution is 2.20. The molecule has 1 N–H and O–H groups in total. The number of anilines is 2. The number of para-hydroxylation sites is 2. The van der Waals surface area contributed by atoms with Crippen molar-refractivity contribution in [1.29, 1.82) is 0 Å². The Labute approximate surface area is 124 Å². The molecule has 3 nitrogen and oxygen atoms in total. The summed E-state index contributed by atoms with van der Waals surface area (Å²) in [6.07, 6.45) is 0. The first-order valence-corrected chi connectivity index (χ1v) is 6.94. The van der Waals surface area contributed by atoms with Crippen molar-refractivity contribution in [2.75, 3.05) is 23.3 Å². The van der Waals surface area contributed by atoms with Gasteiger partial charge in [0.15, 0.2) is 0 Å². The molecule has 0 aliphatic heterocycles. The molecule has 0 saturated carbocycles. The van der Waals surface area contributed by atoms with Crippen molar-refractivity contribution in [2.45, 2.75) is 6.92 Å². The van der Waals surface area contributed by atoms with E-state index in [0.717, 1.165) is 11.4 Å². The highest BCUT2D eigenvalue weighted by Gasteiger charge is 2.13. The largest absolute Gasteiger partial charge is 0.375 e. The lowest BCUT2D eigenvalue weighted by Crippen LogP contribution is -2.35. The lowest BCUT2D eigenvalue weighted by Gasteiger charge is -2.21. The Balaban J connectivity index is 2.02. The number of carbonyl (C=O) groups is 1. The van der Waals surface area contributed by atoms with E-state index in [4.69, 9.17) is 11.6 Å². The number of halogens is 1. The fourth-order valence-electron chi connectivity index (χ4n) is 1.98. The summed E-state index contributed by atoms with van der Waals surface area (Å²) in [4.78, 5) is 14.0. The molecule has 0 heterocycles. The molecule has 0 atom stereocenters. The number of nitrogens with zero attached hydrogens (tertiary/aromatic N) is 1. The molecule has 2 aromatic rings. The van der Waals surface area contributed by atoms with Crippen molar-refractivity contribution in [3.63, 3.8) is 0 Å². The summed E-state index contributed by atoms with van der Waals surface area (Å²) in [5.74, 6) is 0.0126. The Bertz CT molecular complexity index is 572. The molecule has 1 amide bonds. The van der Waals surface area contributed by atoms with Crippen molar-refractivity contribution in [2.24, 2.45) is 0 Å². The predicted molar refractivity (Wildman–Crippen MR) is 84.4 cm³/mol. The van der Waals surface area contributed by atoms with Crippen molar-refractivity contribution in [3.8, 4) is 0 Å². The van der Waals surface area contributed by atoms with Gasteiger partial charge in [-0.25, -0.2) is 0 Å². The Morgan fingerprint density at radius 2 is 1.75 bits per heavy atom. The number of amides is 1. The van der Waals surface area contributed by atoms with Crippen LogP contribution in [-0.2, 0) is 4.79 Å². The van der Waals surface area contributed by atoms with Gasteiger partial charge in [-0.3, -0.25) is 4.79 Å². The molecule has 2 aromatic carbocycles. The summed E-state index contributed by atoms with van der Waals surface area (Å²) >= 11 is 6.05. The van der Waals surface area contributed by atoms with Crippen LogP contribution in [0.3, 0.4) is 0 Å². The van der Waals surface area contributed by atoms with E-state index >= 15 is 0 Å². The van der Waals surface area contributed by atoms with Crippen LogP contribution in [0.1, 0.15) is 6.92 Å². The number of benzene rings is 2. The van der Waals surface area contributed by atoms with Crippen molar-refractivity contribution in [1.82, 2.24) is 0 Å². The van der Waals surface area contributed by atoms with Crippen LogP contribution < -0.4 is 10.2 Å². The molecule has 20 heavy (non-hydrogen) atoms. The van der Waals surface area contributed by atoms with Gasteiger partial charge in [-0.05, 0) is 31.2 Å². The number of nitrogens with one attached hydrogen (secondary N) is 1. The first kappa shape index (κ1) is 14.4. The summed E-state index contributed by atoms with van der Waals surface area (Å²) in [6, 6.07) is 17.0. The molecule has 0 radical (unpaired) electrons. The number of hydrogen-bond acceptors (Lipinski definition) is 2. The van der Waals surface area contributed by atoms with Crippen LogP contribution in [0.5, 0.6) is 0 Å². The number of carbonyl (C=O) groups excluding carboxylic acids is 1. The van der Waals surface area contributed by atoms with Gasteiger partial charge in [0.2, 0.25) is 5.91 Å². The minimum Gasteiger partial charge on any atom is -0.375 e. The molecule has 0 aromatic heterocycles. The highest BCUT2D eigenvalue weighted by atomic mass is 35.5. The molecule has 0 aliphatic carbocycles. The van der Waals surface area contributed by atoms with Crippen LogP contribution in [-0.4, -0.2) is 19.0 Å². The van der Waals surface area contributed by atoms with Gasteiger partial charge in [-0.2, -0.15) is 0 Å². The fourth-order valence-corrected chi connectivity index (χ4v) is 2.18. The minimum atomic E-state index is 0.0126. The zero-order valence-corrected chi connectivity index (χ0v) is 12.1. The van der Waals surface area contributed by atoms with E-state index in [1.165, 1.54) is 0 Å². The normalized spacial score (nSPS) is 10.1. The molecule has 0 saturated heterocycles. The van der Waals surface area contributed by atoms with E-state index in [-0.39, 0.29) is 12.5 Å². The highest BCUT2D eigenvalue weighted by molar-refractivity contribution is 6.33. The van der Waals surface area contributed by atoms with E-state index in [1.807, 2.05) is 55.5 Å². The van der Waals surface area contributed by atoms with E-state index in [9.17, 15) is 4.79 Å². The molecule has 2 rings (SSSR count). The summed E-state index contributed by atoms with van der Waals surface area (Å²) in [6.45, 7) is 2.81. The Kier molecular flexibility index (Phi) is 5.02. The van der Waals surface area contributed by atoms with Gasteiger partial charge in [0.1, 0.15) is 0 Å². The van der Waals surface area contributed by atoms with E-state index < -0.39 is 0 Å². The third-order valence-electron chi connectivity index (χ3n) is 2.99. The zero-order chi connectivity index (χ0) is 14.4. The SMILES string of the molecule is CCN(C(=O)CNc1ccccc1Cl)c1ccccc1. The van der Waals surface area contributed by atoms with E-state index in [1.54, 1.807) is 11.0 Å². The first-order valence-electron chi connectivity index (χ1n) is 6.56. The molecular weight excluding hydrogens is 272 g/mol. The lowest BCUT2D eigenvalue weighted by molar-refractivity contribution is -0.116. The van der Waals surface area contributed by atoms with Crippen molar-refractivity contribution in [3.05, 3.63) is 59.6 Å². The maximum absolute atomic E-state index is 12.3. The standard InChI is InChI=1S/C16H17ClN2O/c1-2-19(13-8-4-3-5-9-13)16(20)12-18-15-11-7-6-10-14(15)17/h3-11,18H,2,12H2,1H3. The maximum atomic E-state index is 12.3. The molecule has 4 heteroatoms. The first-order chi connectivity index (χ1) is 9.72. The average molecular weight is 289 g/mol. The fraction of sp³-hybridized carbons (Fsp3) is 0.188. The minimum absolute atomic E-state index is 0.0126. The van der Waals surface area contributed by atoms with Crippen LogP contribution in [0, 0.1) is 0 Å². The van der Waals surface area contributed by atoms with Crippen molar-refractivity contribution >= 4 is 28.9 Å². The van der Waals surface area contributed by atoms with Gasteiger partial charge >= 0.3 is 0 Å². The third-order valence-corrected chi connectivity index (χ3v) is 3.32. The van der Waals surface area contributed by atoms with Gasteiger partial charge in [-0.1, -0.05) is 41.9 Å². The Hall–Kier alpha value is -2.00. The number of hydrogen-bond donors (Lipinski definition) is 1. The van der Waals surface area contributed by atoms with Crippen LogP contribution in [0.4, 0.5) is 11.4 Å². The van der Waals surface area contributed by atoms with Gasteiger partial charge in [0.05, 0.1) is 17.3 Å².